The summed E-state index contributed by atoms with van der Waals surface area (Å²) in [5.41, 5.74) is 0. The molecule has 6 nitrogen and oxygen atoms in total. The number of ether oxygens (including phenoxy) is 3. The lowest BCUT2D eigenvalue weighted by Gasteiger charge is -2.18. The van der Waals surface area contributed by atoms with Gasteiger partial charge in [-0.1, -0.05) is 241 Å². The highest BCUT2D eigenvalue weighted by atomic mass is 16.6. The number of hydrogen-bond acceptors (Lipinski definition) is 6. The molecule has 0 aliphatic heterocycles. The molecule has 0 radical (unpaired) electrons. The Morgan fingerprint density at radius 1 is 0.260 bits per heavy atom. The van der Waals surface area contributed by atoms with Crippen LogP contribution < -0.4 is 0 Å². The van der Waals surface area contributed by atoms with Crippen LogP contribution in [0.5, 0.6) is 0 Å². The van der Waals surface area contributed by atoms with Crippen LogP contribution in [-0.2, 0) is 28.6 Å². The van der Waals surface area contributed by atoms with Gasteiger partial charge in [0.25, 0.3) is 0 Å². The number of rotatable bonds is 51. The van der Waals surface area contributed by atoms with E-state index in [0.717, 1.165) is 148 Å². The largest absolute Gasteiger partial charge is 0.462 e. The van der Waals surface area contributed by atoms with Gasteiger partial charge in [-0.15, -0.1) is 0 Å². The molecule has 0 bridgehead atoms. The van der Waals surface area contributed by atoms with Crippen LogP contribution in [0, 0.1) is 0 Å². The minimum Gasteiger partial charge on any atom is -0.462 e. The fourth-order valence-corrected chi connectivity index (χ4v) is 7.23. The summed E-state index contributed by atoms with van der Waals surface area (Å²) in [6.07, 6.45) is 95.8. The molecule has 0 heterocycles. The standard InChI is InChI=1S/C71H106O6/c1-4-7-10-13-16-19-22-25-27-29-31-33-34-35-36-38-39-41-43-46-49-52-55-58-61-64-70(73)76-67-68(66-75-69(72)63-60-57-54-51-48-45-24-21-18-15-12-9-6-3)77-71(74)65-62-59-56-53-50-47-44-42-40-37-32-30-28-26-23-20-17-14-11-8-5-2/h7-12,16-21,25-28,31-33,35-37,39,41-42,44-45,48,50,53-54,57,68H,4-6,13-15,22-24,29-30,34,38,40,43,46-47,49,51-52,55-56,58-67H2,1-3H3/b10-7-,11-8-,12-9-,19-16-,20-17-,21-18-,27-25-,28-26-,33-31-,36-35-,37-32-,41-39-,44-42-,48-45-,53-50-,57-54-. The second-order valence-corrected chi connectivity index (χ2v) is 18.8. The predicted molar refractivity (Wildman–Crippen MR) is 334 cm³/mol. The Kier molecular flexibility index (Phi) is 58.1. The molecule has 0 rings (SSSR count). The maximum absolute atomic E-state index is 12.9. The van der Waals surface area contributed by atoms with Gasteiger partial charge in [0.15, 0.2) is 6.10 Å². The molecule has 0 aromatic heterocycles. The van der Waals surface area contributed by atoms with E-state index in [1.54, 1.807) is 0 Å². The van der Waals surface area contributed by atoms with E-state index in [2.05, 4.69) is 203 Å². The van der Waals surface area contributed by atoms with Crippen LogP contribution in [0.2, 0.25) is 0 Å². The molecule has 0 fully saturated rings. The third-order valence-electron chi connectivity index (χ3n) is 11.6. The summed E-state index contributed by atoms with van der Waals surface area (Å²) in [6, 6.07) is 0. The summed E-state index contributed by atoms with van der Waals surface area (Å²) >= 11 is 0. The van der Waals surface area contributed by atoms with Gasteiger partial charge >= 0.3 is 17.9 Å². The van der Waals surface area contributed by atoms with Crippen LogP contribution in [0.4, 0.5) is 0 Å². The van der Waals surface area contributed by atoms with Crippen LogP contribution in [0.25, 0.3) is 0 Å². The van der Waals surface area contributed by atoms with Crippen molar-refractivity contribution in [1.82, 2.24) is 0 Å². The minimum absolute atomic E-state index is 0.137. The van der Waals surface area contributed by atoms with Gasteiger partial charge in [0.2, 0.25) is 0 Å². The molecule has 0 saturated heterocycles. The van der Waals surface area contributed by atoms with Gasteiger partial charge in [-0.05, 0) is 148 Å². The first-order valence-corrected chi connectivity index (χ1v) is 29.9. The first-order chi connectivity index (χ1) is 38.0. The number of hydrogen-bond donors (Lipinski definition) is 0. The molecule has 0 N–H and O–H groups in total. The predicted octanol–water partition coefficient (Wildman–Crippen LogP) is 20.6. The van der Waals surface area contributed by atoms with E-state index in [4.69, 9.17) is 14.2 Å². The normalized spacial score (nSPS) is 13.5. The van der Waals surface area contributed by atoms with Crippen molar-refractivity contribution >= 4 is 17.9 Å². The fourth-order valence-electron chi connectivity index (χ4n) is 7.23. The zero-order valence-corrected chi connectivity index (χ0v) is 48.6. The molecule has 0 amide bonds. The van der Waals surface area contributed by atoms with Crippen molar-refractivity contribution in [3.63, 3.8) is 0 Å². The Labute approximate surface area is 471 Å². The van der Waals surface area contributed by atoms with E-state index in [1.165, 1.54) is 12.8 Å². The molecule has 0 spiro atoms. The topological polar surface area (TPSA) is 78.9 Å². The summed E-state index contributed by atoms with van der Waals surface area (Å²) in [6.45, 7) is 6.16. The van der Waals surface area contributed by atoms with Crippen molar-refractivity contribution in [2.24, 2.45) is 0 Å². The molecule has 0 saturated carbocycles. The SMILES string of the molecule is CC/C=C\C/C=C\C/C=C\C/C=C\C/C=C\C/C=C\CCCCCCCCC(=O)OCC(COC(=O)CC/C=C\C/C=C\C/C=C\C/C=C\CC)OC(=O)CCCC/C=C\C/C=C\C/C=C\C/C=C\C/C=C\C/C=C\CC. The summed E-state index contributed by atoms with van der Waals surface area (Å²) < 4.78 is 16.7. The summed E-state index contributed by atoms with van der Waals surface area (Å²) in [5, 5.41) is 0. The first kappa shape index (κ1) is 71.2. The molecule has 0 aliphatic rings. The Bertz CT molecular complexity index is 1880. The lowest BCUT2D eigenvalue weighted by atomic mass is 10.1. The molecule has 1 unspecified atom stereocenters. The van der Waals surface area contributed by atoms with E-state index in [1.807, 2.05) is 12.2 Å². The van der Waals surface area contributed by atoms with Crippen LogP contribution in [0.3, 0.4) is 0 Å². The van der Waals surface area contributed by atoms with Crippen molar-refractivity contribution in [1.29, 1.82) is 0 Å². The molecule has 77 heavy (non-hydrogen) atoms. The fraction of sp³-hybridized carbons (Fsp3) is 0.507. The van der Waals surface area contributed by atoms with Gasteiger partial charge < -0.3 is 14.2 Å². The van der Waals surface area contributed by atoms with Gasteiger partial charge in [-0.2, -0.15) is 0 Å². The lowest BCUT2D eigenvalue weighted by Crippen LogP contribution is -2.30. The van der Waals surface area contributed by atoms with Crippen molar-refractivity contribution in [2.75, 3.05) is 13.2 Å². The molecule has 0 aromatic carbocycles. The maximum Gasteiger partial charge on any atom is 0.306 e. The number of unbranched alkanes of at least 4 members (excludes halogenated alkanes) is 8. The summed E-state index contributed by atoms with van der Waals surface area (Å²) in [4.78, 5) is 38.2. The number of carbonyl (C=O) groups is 3. The highest BCUT2D eigenvalue weighted by Gasteiger charge is 2.19. The van der Waals surface area contributed by atoms with E-state index in [9.17, 15) is 14.4 Å². The molecule has 6 heteroatoms. The Hall–Kier alpha value is -5.75. The van der Waals surface area contributed by atoms with Gasteiger partial charge in [0.1, 0.15) is 13.2 Å². The zero-order chi connectivity index (χ0) is 55.7. The maximum atomic E-state index is 12.9. The third-order valence-corrected chi connectivity index (χ3v) is 11.6. The molecule has 0 aromatic rings. The van der Waals surface area contributed by atoms with E-state index < -0.39 is 6.10 Å². The van der Waals surface area contributed by atoms with Gasteiger partial charge in [0.05, 0.1) is 0 Å². The van der Waals surface area contributed by atoms with Gasteiger partial charge in [0, 0.05) is 19.3 Å². The first-order valence-electron chi connectivity index (χ1n) is 29.9. The second-order valence-electron chi connectivity index (χ2n) is 18.8. The van der Waals surface area contributed by atoms with E-state index >= 15 is 0 Å². The summed E-state index contributed by atoms with van der Waals surface area (Å²) in [5.74, 6) is -1.09. The number of carbonyl (C=O) groups excluding carboxylic acids is 3. The highest BCUT2D eigenvalue weighted by Crippen LogP contribution is 2.12. The zero-order valence-electron chi connectivity index (χ0n) is 48.6. The van der Waals surface area contributed by atoms with Crippen molar-refractivity contribution in [3.05, 3.63) is 194 Å². The highest BCUT2D eigenvalue weighted by molar-refractivity contribution is 5.71. The molecule has 426 valence electrons. The van der Waals surface area contributed by atoms with Crippen molar-refractivity contribution < 1.29 is 28.6 Å². The van der Waals surface area contributed by atoms with E-state index in [0.29, 0.717) is 19.3 Å². The van der Waals surface area contributed by atoms with Crippen molar-refractivity contribution in [2.45, 2.75) is 219 Å². The quantitative estimate of drug-likeness (QED) is 0.0261. The Balaban J connectivity index is 4.56. The van der Waals surface area contributed by atoms with Gasteiger partial charge in [-0.3, -0.25) is 14.4 Å². The minimum atomic E-state index is -0.850. The van der Waals surface area contributed by atoms with Gasteiger partial charge in [-0.25, -0.2) is 0 Å². The molecule has 0 aliphatic carbocycles. The average molecular weight is 1060 g/mol. The average Bonchev–Trinajstić information content (AvgIpc) is 3.43. The Morgan fingerprint density at radius 2 is 0.494 bits per heavy atom. The molecule has 1 atom stereocenters. The van der Waals surface area contributed by atoms with E-state index in [-0.39, 0.29) is 44.0 Å². The number of esters is 3. The second kappa shape index (κ2) is 62.8. The smallest absolute Gasteiger partial charge is 0.306 e. The molecular formula is C71H106O6. The molecular weight excluding hydrogens is 949 g/mol. The lowest BCUT2D eigenvalue weighted by molar-refractivity contribution is -0.166. The monoisotopic (exact) mass is 1050 g/mol. The van der Waals surface area contributed by atoms with Crippen LogP contribution >= 0.6 is 0 Å². The van der Waals surface area contributed by atoms with Crippen LogP contribution in [0.1, 0.15) is 213 Å². The Morgan fingerprint density at radius 3 is 0.831 bits per heavy atom. The van der Waals surface area contributed by atoms with Crippen LogP contribution in [-0.4, -0.2) is 37.2 Å². The van der Waals surface area contributed by atoms with Crippen LogP contribution in [0.15, 0.2) is 194 Å². The number of allylic oxidation sites excluding steroid dienone is 32. The summed E-state index contributed by atoms with van der Waals surface area (Å²) in [7, 11) is 0. The third kappa shape index (κ3) is 61.0. The van der Waals surface area contributed by atoms with Crippen molar-refractivity contribution in [3.8, 4) is 0 Å².